The molecule has 5 heteroatoms. The minimum atomic E-state index is -0.0000813. The Morgan fingerprint density at radius 2 is 2.39 bits per heavy atom. The molecule has 0 aliphatic carbocycles. The lowest BCUT2D eigenvalue weighted by Gasteiger charge is -2.11. The summed E-state index contributed by atoms with van der Waals surface area (Å²) in [5.74, 6) is 0. The lowest BCUT2D eigenvalue weighted by molar-refractivity contribution is 0.672. The summed E-state index contributed by atoms with van der Waals surface area (Å²) in [6, 6.07) is 1.82. The van der Waals surface area contributed by atoms with Crippen LogP contribution in [0.5, 0.6) is 0 Å². The van der Waals surface area contributed by atoms with Crippen molar-refractivity contribution in [1.82, 2.24) is 9.55 Å². The maximum atomic E-state index is 12.3. The Bertz CT molecular complexity index is 642. The zero-order chi connectivity index (χ0) is 13.1. The van der Waals surface area contributed by atoms with E-state index >= 15 is 0 Å². The van der Waals surface area contributed by atoms with Crippen molar-refractivity contribution in [1.29, 1.82) is 0 Å². The molecule has 0 spiro atoms. The second-order valence-corrected chi connectivity index (χ2v) is 6.04. The molecule has 0 unspecified atom stereocenters. The summed E-state index contributed by atoms with van der Waals surface area (Å²) >= 11 is 3.02. The van der Waals surface area contributed by atoms with Gasteiger partial charge in [0.05, 0.1) is 5.39 Å². The number of rotatable bonds is 5. The largest absolute Gasteiger partial charge is 0.283 e. The van der Waals surface area contributed by atoms with Crippen LogP contribution in [-0.2, 0) is 6.54 Å². The van der Waals surface area contributed by atoms with Crippen molar-refractivity contribution in [2.45, 2.75) is 23.9 Å². The van der Waals surface area contributed by atoms with E-state index in [4.69, 9.17) is 0 Å². The first-order valence-corrected chi connectivity index (χ1v) is 7.31. The molecule has 94 valence electrons. The van der Waals surface area contributed by atoms with Crippen molar-refractivity contribution >= 4 is 33.3 Å². The Balaban J connectivity index is 2.61. The van der Waals surface area contributed by atoms with Gasteiger partial charge in [0.2, 0.25) is 0 Å². The summed E-state index contributed by atoms with van der Waals surface area (Å²) < 4.78 is 1.66. The fourth-order valence-corrected chi connectivity index (χ4v) is 3.19. The molecule has 0 amide bonds. The van der Waals surface area contributed by atoms with E-state index in [1.54, 1.807) is 10.6 Å². The first kappa shape index (κ1) is 13.1. The summed E-state index contributed by atoms with van der Waals surface area (Å²) in [4.78, 5) is 17.7. The van der Waals surface area contributed by atoms with Gasteiger partial charge in [0.1, 0.15) is 4.83 Å². The lowest BCUT2D eigenvalue weighted by Crippen LogP contribution is -2.22. The normalized spacial score (nSPS) is 12.5. The lowest BCUT2D eigenvalue weighted by atomic mass is 10.4. The number of fused-ring (bicyclic) bond motifs is 1. The van der Waals surface area contributed by atoms with Crippen molar-refractivity contribution in [3.63, 3.8) is 0 Å². The van der Waals surface area contributed by atoms with Gasteiger partial charge in [-0.3, -0.25) is 9.36 Å². The molecule has 0 saturated heterocycles. The van der Waals surface area contributed by atoms with Crippen molar-refractivity contribution < 1.29 is 0 Å². The predicted molar refractivity (Wildman–Crippen MR) is 79.6 cm³/mol. The van der Waals surface area contributed by atoms with Gasteiger partial charge in [0.15, 0.2) is 5.16 Å². The van der Waals surface area contributed by atoms with Crippen LogP contribution in [0.15, 0.2) is 46.7 Å². The number of aromatic nitrogens is 2. The molecule has 0 bridgehead atoms. The van der Waals surface area contributed by atoms with E-state index in [1.165, 1.54) is 23.1 Å². The van der Waals surface area contributed by atoms with E-state index in [9.17, 15) is 4.79 Å². The Hall–Kier alpha value is -1.33. The summed E-state index contributed by atoms with van der Waals surface area (Å²) in [5.41, 5.74) is -0.0000813. The zero-order valence-corrected chi connectivity index (χ0v) is 11.8. The van der Waals surface area contributed by atoms with E-state index in [0.29, 0.717) is 11.9 Å². The third-order valence-corrected chi connectivity index (χ3v) is 4.38. The minimum Gasteiger partial charge on any atom is -0.283 e. The standard InChI is InChI=1S/C13H14N2OS2/c1-4-7-15-12(16)10-6-8-17-11(10)14-13(15)18-9(3)5-2/h4-6,8-9H,1-2,7H2,3H3/t9-/m1/s1. The van der Waals surface area contributed by atoms with Gasteiger partial charge in [-0.15, -0.1) is 24.5 Å². The number of hydrogen-bond donors (Lipinski definition) is 0. The van der Waals surface area contributed by atoms with Crippen LogP contribution in [0.4, 0.5) is 0 Å². The van der Waals surface area contributed by atoms with E-state index in [1.807, 2.05) is 24.4 Å². The predicted octanol–water partition coefficient (Wildman–Crippen LogP) is 3.31. The topological polar surface area (TPSA) is 34.9 Å². The summed E-state index contributed by atoms with van der Waals surface area (Å²) in [6.07, 6.45) is 3.55. The molecule has 0 saturated carbocycles. The van der Waals surface area contributed by atoms with Gasteiger partial charge in [-0.1, -0.05) is 23.9 Å². The summed E-state index contributed by atoms with van der Waals surface area (Å²) in [7, 11) is 0. The second kappa shape index (κ2) is 5.54. The molecule has 0 N–H and O–H groups in total. The summed E-state index contributed by atoms with van der Waals surface area (Å²) in [5, 5.41) is 3.51. The molecular formula is C13H14N2OS2. The molecule has 0 aromatic carbocycles. The number of thiophene rings is 1. The van der Waals surface area contributed by atoms with Gasteiger partial charge in [0, 0.05) is 11.8 Å². The molecule has 0 aliphatic rings. The molecule has 0 fully saturated rings. The molecule has 1 atom stereocenters. The van der Waals surface area contributed by atoms with Crippen molar-refractivity contribution in [3.05, 3.63) is 47.1 Å². The van der Waals surface area contributed by atoms with Crippen molar-refractivity contribution in [2.75, 3.05) is 0 Å². The van der Waals surface area contributed by atoms with E-state index < -0.39 is 0 Å². The van der Waals surface area contributed by atoms with E-state index in [-0.39, 0.29) is 10.8 Å². The molecule has 2 aromatic heterocycles. The van der Waals surface area contributed by atoms with Crippen molar-refractivity contribution in [3.8, 4) is 0 Å². The third kappa shape index (κ3) is 2.42. The van der Waals surface area contributed by atoms with Gasteiger partial charge >= 0.3 is 0 Å². The van der Waals surface area contributed by atoms with Crippen LogP contribution in [0.25, 0.3) is 10.2 Å². The van der Waals surface area contributed by atoms with E-state index in [2.05, 4.69) is 18.1 Å². The van der Waals surface area contributed by atoms with Crippen molar-refractivity contribution in [2.24, 2.45) is 0 Å². The van der Waals surface area contributed by atoms with E-state index in [0.717, 1.165) is 9.99 Å². The number of thioether (sulfide) groups is 1. The van der Waals surface area contributed by atoms with Crippen LogP contribution in [-0.4, -0.2) is 14.8 Å². The van der Waals surface area contributed by atoms with Gasteiger partial charge in [-0.25, -0.2) is 4.98 Å². The van der Waals surface area contributed by atoms with Gasteiger partial charge < -0.3 is 0 Å². The molecule has 2 heterocycles. The van der Waals surface area contributed by atoms with Gasteiger partial charge in [-0.2, -0.15) is 0 Å². The minimum absolute atomic E-state index is 0.0000813. The molecular weight excluding hydrogens is 264 g/mol. The Labute approximate surface area is 114 Å². The van der Waals surface area contributed by atoms with Crippen LogP contribution in [0.3, 0.4) is 0 Å². The Morgan fingerprint density at radius 3 is 3.06 bits per heavy atom. The zero-order valence-electron chi connectivity index (χ0n) is 10.1. The molecule has 0 radical (unpaired) electrons. The maximum absolute atomic E-state index is 12.3. The fourth-order valence-electron chi connectivity index (χ4n) is 1.52. The molecule has 18 heavy (non-hydrogen) atoms. The molecule has 0 aliphatic heterocycles. The molecule has 3 nitrogen and oxygen atoms in total. The average molecular weight is 278 g/mol. The third-order valence-electron chi connectivity index (χ3n) is 2.48. The fraction of sp³-hybridized carbons (Fsp3) is 0.231. The first-order valence-electron chi connectivity index (χ1n) is 5.55. The maximum Gasteiger partial charge on any atom is 0.263 e. The highest BCUT2D eigenvalue weighted by atomic mass is 32.2. The Morgan fingerprint density at radius 1 is 1.61 bits per heavy atom. The first-order chi connectivity index (χ1) is 8.67. The van der Waals surface area contributed by atoms with Crippen LogP contribution in [0, 0.1) is 0 Å². The SMILES string of the molecule is C=CCn1c(S[C@H](C)C=C)nc2sccc2c1=O. The highest BCUT2D eigenvalue weighted by Crippen LogP contribution is 2.24. The highest BCUT2D eigenvalue weighted by molar-refractivity contribution is 7.99. The molecule has 2 rings (SSSR count). The monoisotopic (exact) mass is 278 g/mol. The average Bonchev–Trinajstić information content (AvgIpc) is 2.82. The Kier molecular flexibility index (Phi) is 4.04. The quantitative estimate of drug-likeness (QED) is 0.478. The second-order valence-electron chi connectivity index (χ2n) is 3.80. The number of hydrogen-bond acceptors (Lipinski definition) is 4. The van der Waals surface area contributed by atoms with Crippen LogP contribution >= 0.6 is 23.1 Å². The molecule has 2 aromatic rings. The smallest absolute Gasteiger partial charge is 0.263 e. The number of allylic oxidation sites excluding steroid dienone is 1. The van der Waals surface area contributed by atoms with Gasteiger partial charge in [-0.05, 0) is 18.4 Å². The number of nitrogens with zero attached hydrogens (tertiary/aromatic N) is 2. The van der Waals surface area contributed by atoms with Crippen LogP contribution in [0.2, 0.25) is 0 Å². The van der Waals surface area contributed by atoms with Gasteiger partial charge in [0.25, 0.3) is 5.56 Å². The van der Waals surface area contributed by atoms with Crippen LogP contribution in [0.1, 0.15) is 6.92 Å². The van der Waals surface area contributed by atoms with Crippen LogP contribution < -0.4 is 5.56 Å². The summed E-state index contributed by atoms with van der Waals surface area (Å²) in [6.45, 7) is 9.95. The highest BCUT2D eigenvalue weighted by Gasteiger charge is 2.13.